The summed E-state index contributed by atoms with van der Waals surface area (Å²) >= 11 is 0. The van der Waals surface area contributed by atoms with Crippen molar-refractivity contribution in [2.45, 2.75) is 51.4 Å². The highest BCUT2D eigenvalue weighted by Crippen LogP contribution is 2.31. The molecule has 1 fully saturated rings. The second-order valence-corrected chi connectivity index (χ2v) is 4.89. The molecule has 1 aliphatic rings. The van der Waals surface area contributed by atoms with Crippen molar-refractivity contribution in [1.29, 1.82) is 0 Å². The van der Waals surface area contributed by atoms with Crippen molar-refractivity contribution in [1.82, 2.24) is 4.90 Å². The maximum Gasteiger partial charge on any atom is 0.260 e. The third kappa shape index (κ3) is 1.75. The van der Waals surface area contributed by atoms with Gasteiger partial charge in [0.25, 0.3) is 5.91 Å². The number of rotatable bonds is 1. The number of amides is 1. The second-order valence-electron chi connectivity index (χ2n) is 4.89. The summed E-state index contributed by atoms with van der Waals surface area (Å²) in [6, 6.07) is 0. The van der Waals surface area contributed by atoms with Crippen molar-refractivity contribution < 1.29 is 14.3 Å². The van der Waals surface area contributed by atoms with Crippen LogP contribution in [0.2, 0.25) is 0 Å². The molecule has 3 nitrogen and oxygen atoms in total. The summed E-state index contributed by atoms with van der Waals surface area (Å²) in [6.07, 6.45) is -0.0387. The molecule has 0 aromatic rings. The Bertz CT molecular complexity index is 245. The van der Waals surface area contributed by atoms with Crippen molar-refractivity contribution in [2.24, 2.45) is 0 Å². The molecule has 0 aromatic carbocycles. The van der Waals surface area contributed by atoms with E-state index in [1.165, 1.54) is 18.7 Å². The number of halogens is 1. The van der Waals surface area contributed by atoms with Crippen molar-refractivity contribution >= 4 is 5.91 Å². The van der Waals surface area contributed by atoms with E-state index in [0.717, 1.165) is 0 Å². The van der Waals surface area contributed by atoms with E-state index in [4.69, 9.17) is 0 Å². The molecule has 82 valence electrons. The molecule has 1 atom stereocenters. The summed E-state index contributed by atoms with van der Waals surface area (Å²) in [7, 11) is 0. The number of aliphatic hydroxyl groups is 1. The van der Waals surface area contributed by atoms with Gasteiger partial charge in [0, 0.05) is 6.54 Å². The molecule has 1 saturated heterocycles. The van der Waals surface area contributed by atoms with Crippen molar-refractivity contribution in [2.75, 3.05) is 6.54 Å². The van der Waals surface area contributed by atoms with Gasteiger partial charge in [0.15, 0.2) is 5.67 Å². The average molecular weight is 203 g/mol. The molecule has 0 bridgehead atoms. The van der Waals surface area contributed by atoms with Crippen LogP contribution in [0.15, 0.2) is 0 Å². The van der Waals surface area contributed by atoms with Gasteiger partial charge in [-0.15, -0.1) is 0 Å². The van der Waals surface area contributed by atoms with Gasteiger partial charge in [-0.05, 0) is 34.1 Å². The van der Waals surface area contributed by atoms with Gasteiger partial charge >= 0.3 is 0 Å². The molecule has 0 aliphatic carbocycles. The van der Waals surface area contributed by atoms with Crippen LogP contribution in [0.5, 0.6) is 0 Å². The second kappa shape index (κ2) is 3.19. The molecule has 1 rings (SSSR count). The number of nitrogens with zero attached hydrogens (tertiary/aromatic N) is 1. The molecule has 1 heterocycles. The Morgan fingerprint density at radius 3 is 2.36 bits per heavy atom. The molecule has 1 unspecified atom stereocenters. The third-order valence-corrected chi connectivity index (χ3v) is 2.89. The number of alkyl halides is 1. The lowest BCUT2D eigenvalue weighted by atomic mass is 9.97. The highest BCUT2D eigenvalue weighted by Gasteiger charge is 2.46. The first-order valence-electron chi connectivity index (χ1n) is 4.86. The van der Waals surface area contributed by atoms with Crippen LogP contribution >= 0.6 is 0 Å². The Kier molecular flexibility index (Phi) is 2.61. The van der Waals surface area contributed by atoms with Gasteiger partial charge in [-0.2, -0.15) is 0 Å². The van der Waals surface area contributed by atoms with Crippen LogP contribution in [0.3, 0.4) is 0 Å². The van der Waals surface area contributed by atoms with Crippen LogP contribution in [-0.4, -0.2) is 39.8 Å². The molecular formula is C10H18FNO2. The predicted molar refractivity (Wildman–Crippen MR) is 51.6 cm³/mol. The van der Waals surface area contributed by atoms with E-state index >= 15 is 0 Å². The minimum atomic E-state index is -1.86. The average Bonchev–Trinajstić information content (AvgIpc) is 2.25. The maximum absolute atomic E-state index is 13.4. The van der Waals surface area contributed by atoms with E-state index in [0.29, 0.717) is 13.0 Å². The smallest absolute Gasteiger partial charge is 0.260 e. The molecule has 0 spiro atoms. The zero-order valence-electron chi connectivity index (χ0n) is 9.17. The van der Waals surface area contributed by atoms with Crippen molar-refractivity contribution in [3.8, 4) is 0 Å². The van der Waals surface area contributed by atoms with Crippen LogP contribution in [0.1, 0.15) is 34.1 Å². The summed E-state index contributed by atoms with van der Waals surface area (Å²) in [5.74, 6) is -0.543. The lowest BCUT2D eigenvalue weighted by molar-refractivity contribution is -0.146. The maximum atomic E-state index is 13.4. The van der Waals surface area contributed by atoms with Crippen molar-refractivity contribution in [3.63, 3.8) is 0 Å². The van der Waals surface area contributed by atoms with Crippen LogP contribution in [-0.2, 0) is 4.79 Å². The quantitative estimate of drug-likeness (QED) is 0.693. The topological polar surface area (TPSA) is 40.5 Å². The van der Waals surface area contributed by atoms with E-state index in [1.54, 1.807) is 13.8 Å². The molecule has 0 radical (unpaired) electrons. The summed E-state index contributed by atoms with van der Waals surface area (Å²) in [4.78, 5) is 13.1. The van der Waals surface area contributed by atoms with Crippen LogP contribution in [0, 0.1) is 0 Å². The monoisotopic (exact) mass is 203 g/mol. The van der Waals surface area contributed by atoms with Gasteiger partial charge in [-0.3, -0.25) is 4.79 Å². The molecule has 14 heavy (non-hydrogen) atoms. The highest BCUT2D eigenvalue weighted by atomic mass is 19.1. The molecule has 1 N–H and O–H groups in total. The molecular weight excluding hydrogens is 185 g/mol. The first kappa shape index (κ1) is 11.4. The Morgan fingerprint density at radius 2 is 2.07 bits per heavy atom. The first-order chi connectivity index (χ1) is 6.17. The number of carbonyl (C=O) groups is 1. The van der Waals surface area contributed by atoms with Gasteiger partial charge in [-0.1, -0.05) is 0 Å². The predicted octanol–water partition coefficient (Wildman–Crippen LogP) is 1.11. The van der Waals surface area contributed by atoms with E-state index in [-0.39, 0.29) is 0 Å². The largest absolute Gasteiger partial charge is 0.391 e. The van der Waals surface area contributed by atoms with Gasteiger partial charge in [0.05, 0.1) is 11.6 Å². The SMILES string of the molecule is CC(C)(F)C(=O)N1CCC(O)C1(C)C. The highest BCUT2D eigenvalue weighted by molar-refractivity contribution is 5.85. The normalized spacial score (nSPS) is 26.7. The summed E-state index contributed by atoms with van der Waals surface area (Å²) in [6.45, 7) is 6.44. The standard InChI is InChI=1S/C10H18FNO2/c1-9(2,11)8(14)12-6-5-7(13)10(12,3)4/h7,13H,5-6H2,1-4H3. The Morgan fingerprint density at radius 1 is 1.57 bits per heavy atom. The fraction of sp³-hybridized carbons (Fsp3) is 0.900. The van der Waals surface area contributed by atoms with Gasteiger partial charge in [0.2, 0.25) is 0 Å². The van der Waals surface area contributed by atoms with Gasteiger partial charge in [0.1, 0.15) is 0 Å². The zero-order valence-corrected chi connectivity index (χ0v) is 9.17. The summed E-state index contributed by atoms with van der Waals surface area (Å²) in [5.41, 5.74) is -2.51. The van der Waals surface area contributed by atoms with E-state index in [9.17, 15) is 14.3 Å². The minimum absolute atomic E-state index is 0.431. The lowest BCUT2D eigenvalue weighted by Crippen LogP contribution is -2.53. The minimum Gasteiger partial charge on any atom is -0.391 e. The third-order valence-electron chi connectivity index (χ3n) is 2.89. The summed E-state index contributed by atoms with van der Waals surface area (Å²) < 4.78 is 13.4. The zero-order chi connectivity index (χ0) is 11.1. The van der Waals surface area contributed by atoms with E-state index < -0.39 is 23.2 Å². The summed E-state index contributed by atoms with van der Waals surface area (Å²) in [5, 5.41) is 9.63. The number of hydrogen-bond acceptors (Lipinski definition) is 2. The first-order valence-corrected chi connectivity index (χ1v) is 4.86. The molecule has 4 heteroatoms. The Hall–Kier alpha value is -0.640. The van der Waals surface area contributed by atoms with Crippen LogP contribution in [0.25, 0.3) is 0 Å². The van der Waals surface area contributed by atoms with Crippen LogP contribution < -0.4 is 0 Å². The number of aliphatic hydroxyl groups excluding tert-OH is 1. The Balaban J connectivity index is 2.86. The van der Waals surface area contributed by atoms with Crippen LogP contribution in [0.4, 0.5) is 4.39 Å². The lowest BCUT2D eigenvalue weighted by Gasteiger charge is -2.36. The molecule has 1 amide bonds. The van der Waals surface area contributed by atoms with E-state index in [1.807, 2.05) is 0 Å². The number of hydrogen-bond donors (Lipinski definition) is 1. The Labute approximate surface area is 83.9 Å². The molecule has 0 saturated carbocycles. The van der Waals surface area contributed by atoms with Crippen molar-refractivity contribution in [3.05, 3.63) is 0 Å². The number of carbonyl (C=O) groups excluding carboxylic acids is 1. The fourth-order valence-electron chi connectivity index (χ4n) is 1.76. The fourth-order valence-corrected chi connectivity index (χ4v) is 1.76. The molecule has 1 aliphatic heterocycles. The van der Waals surface area contributed by atoms with E-state index in [2.05, 4.69) is 0 Å². The van der Waals surface area contributed by atoms with Gasteiger partial charge < -0.3 is 10.0 Å². The molecule has 0 aromatic heterocycles. The van der Waals surface area contributed by atoms with Gasteiger partial charge in [-0.25, -0.2) is 4.39 Å². The number of likely N-dealkylation sites (tertiary alicyclic amines) is 1.